The number of allylic oxidation sites excluding steroid dienone is 1. The van der Waals surface area contributed by atoms with Crippen LogP contribution in [0.2, 0.25) is 0 Å². The summed E-state index contributed by atoms with van der Waals surface area (Å²) >= 11 is 2.46. The second kappa shape index (κ2) is 10.1. The summed E-state index contributed by atoms with van der Waals surface area (Å²) in [4.78, 5) is 0. The van der Waals surface area contributed by atoms with Crippen LogP contribution in [0.5, 0.6) is 0 Å². The van der Waals surface area contributed by atoms with Gasteiger partial charge in [0.25, 0.3) is 0 Å². The summed E-state index contributed by atoms with van der Waals surface area (Å²) in [5.74, 6) is 9.22. The molecule has 200 valence electrons. The molecular weight excluding hydrogens is 563 g/mol. The molecule has 1 unspecified atom stereocenters. The highest BCUT2D eigenvalue weighted by atomic mass is 127. The van der Waals surface area contributed by atoms with Crippen LogP contribution in [0.3, 0.4) is 0 Å². The van der Waals surface area contributed by atoms with Gasteiger partial charge in [0.2, 0.25) is 0 Å². The van der Waals surface area contributed by atoms with Crippen molar-refractivity contribution >= 4 is 22.6 Å². The molecule has 36 heavy (non-hydrogen) atoms. The lowest BCUT2D eigenvalue weighted by atomic mass is 9.46. The maximum Gasteiger partial charge on any atom is 0.172 e. The molecular formula is C31H45IO4. The third-order valence-corrected chi connectivity index (χ3v) is 12.0. The summed E-state index contributed by atoms with van der Waals surface area (Å²) in [7, 11) is 0. The van der Waals surface area contributed by atoms with Crippen LogP contribution in [0, 0.1) is 40.4 Å². The highest BCUT2D eigenvalue weighted by Crippen LogP contribution is 2.68. The van der Waals surface area contributed by atoms with Crippen LogP contribution in [0.4, 0.5) is 0 Å². The van der Waals surface area contributed by atoms with Crippen LogP contribution in [0.25, 0.3) is 0 Å². The van der Waals surface area contributed by atoms with Crippen molar-refractivity contribution in [3.63, 3.8) is 0 Å². The van der Waals surface area contributed by atoms with Crippen LogP contribution in [0.15, 0.2) is 11.6 Å². The van der Waals surface area contributed by atoms with Crippen LogP contribution in [-0.2, 0) is 18.9 Å². The van der Waals surface area contributed by atoms with Gasteiger partial charge in [-0.05, 0) is 87.4 Å². The van der Waals surface area contributed by atoms with Gasteiger partial charge < -0.3 is 18.9 Å². The molecule has 0 amide bonds. The average Bonchev–Trinajstić information content (AvgIpc) is 3.46. The number of ether oxygens (including phenoxy) is 4. The molecule has 7 atom stereocenters. The fourth-order valence-electron chi connectivity index (χ4n) is 9.16. The first-order chi connectivity index (χ1) is 17.4. The molecule has 5 heteroatoms. The lowest BCUT2D eigenvalue weighted by Gasteiger charge is -2.59. The zero-order chi connectivity index (χ0) is 24.9. The van der Waals surface area contributed by atoms with E-state index in [1.54, 1.807) is 5.57 Å². The fraction of sp³-hybridized carbons (Fsp3) is 0.871. The van der Waals surface area contributed by atoms with Gasteiger partial charge in [-0.25, -0.2) is 0 Å². The van der Waals surface area contributed by atoms with E-state index in [0.29, 0.717) is 5.92 Å². The van der Waals surface area contributed by atoms with E-state index in [1.165, 1.54) is 43.0 Å². The highest BCUT2D eigenvalue weighted by Gasteiger charge is 2.65. The first-order valence-electron chi connectivity index (χ1n) is 14.8. The smallest absolute Gasteiger partial charge is 0.172 e. The Balaban J connectivity index is 1.27. The van der Waals surface area contributed by atoms with E-state index in [1.807, 2.05) is 0 Å². The predicted octanol–water partition coefficient (Wildman–Crippen LogP) is 7.19. The molecule has 0 N–H and O–H groups in total. The second-order valence-corrected chi connectivity index (χ2v) is 14.0. The summed E-state index contributed by atoms with van der Waals surface area (Å²) in [5, 5.41) is 0. The largest absolute Gasteiger partial charge is 0.353 e. The summed E-state index contributed by atoms with van der Waals surface area (Å²) in [6.45, 7) is 7.44. The number of alkyl halides is 1. The predicted molar refractivity (Wildman–Crippen MR) is 150 cm³/mol. The molecule has 2 aliphatic heterocycles. The zero-order valence-corrected chi connectivity index (χ0v) is 24.6. The molecule has 0 aromatic carbocycles. The number of hydrogen-bond acceptors (Lipinski definition) is 4. The minimum absolute atomic E-state index is 0.0813. The quantitative estimate of drug-likeness (QED) is 0.111. The molecule has 0 bridgehead atoms. The third kappa shape index (κ3) is 4.24. The summed E-state index contributed by atoms with van der Waals surface area (Å²) < 4.78 is 26.6. The molecule has 0 aromatic heterocycles. The summed E-state index contributed by atoms with van der Waals surface area (Å²) in [6, 6.07) is 0. The topological polar surface area (TPSA) is 36.9 Å². The van der Waals surface area contributed by atoms with Gasteiger partial charge in [-0.2, -0.15) is 0 Å². The van der Waals surface area contributed by atoms with Crippen LogP contribution in [-0.4, -0.2) is 41.9 Å². The van der Waals surface area contributed by atoms with Crippen molar-refractivity contribution in [2.45, 2.75) is 115 Å². The van der Waals surface area contributed by atoms with E-state index in [0.717, 1.165) is 76.6 Å². The van der Waals surface area contributed by atoms with Crippen LogP contribution >= 0.6 is 22.6 Å². The Kier molecular flexibility index (Phi) is 7.34. The summed E-state index contributed by atoms with van der Waals surface area (Å²) in [5.41, 5.74) is 1.65. The Labute approximate surface area is 232 Å². The van der Waals surface area contributed by atoms with E-state index >= 15 is 0 Å². The molecule has 1 spiro atoms. The first-order valence-corrected chi connectivity index (χ1v) is 16.3. The minimum Gasteiger partial charge on any atom is -0.353 e. The maximum atomic E-state index is 7.02. The van der Waals surface area contributed by atoms with Crippen LogP contribution < -0.4 is 0 Å². The van der Waals surface area contributed by atoms with Crippen molar-refractivity contribution in [3.05, 3.63) is 11.6 Å². The molecule has 0 aromatic rings. The minimum atomic E-state index is -0.358. The van der Waals surface area contributed by atoms with E-state index in [9.17, 15) is 0 Å². The fourth-order valence-corrected chi connectivity index (χ4v) is 9.55. The molecule has 2 heterocycles. The van der Waals surface area contributed by atoms with Gasteiger partial charge in [-0.15, -0.1) is 5.92 Å². The van der Waals surface area contributed by atoms with Gasteiger partial charge in [0, 0.05) is 35.7 Å². The lowest BCUT2D eigenvalue weighted by molar-refractivity contribution is -0.242. The number of unbranched alkanes of at least 4 members (excludes halogenated alkanes) is 1. The molecule has 3 saturated carbocycles. The van der Waals surface area contributed by atoms with E-state index in [-0.39, 0.29) is 28.5 Å². The SMILES string of the molecule is C[C@]12CCC3(CC1=CC[C@@H]1[C@@H]2CC[C@@]2(C)[C@H]1CC[C@]2(C#CCCCI)OC1CCCCO1)OCCO3. The van der Waals surface area contributed by atoms with Gasteiger partial charge in [0.15, 0.2) is 12.1 Å². The van der Waals surface area contributed by atoms with E-state index in [4.69, 9.17) is 18.9 Å². The van der Waals surface area contributed by atoms with Crippen LogP contribution in [0.1, 0.15) is 97.3 Å². The Morgan fingerprint density at radius 2 is 1.83 bits per heavy atom. The van der Waals surface area contributed by atoms with Crippen molar-refractivity contribution in [2.75, 3.05) is 24.2 Å². The molecule has 6 aliphatic rings. The standard InChI is InChI=1S/C31H45IO4/c1-28-16-17-31(34-20-21-35-31)22-23(28)9-10-24-25(28)11-14-29(2)26(24)12-15-30(29,13-5-3-6-18-32)36-27-8-4-7-19-33-27/h9,24-27H,3-4,6-8,10-12,14-22H2,1-2H3/t24-,25+,26+,27?,28+,29+,30+/m1/s1. The molecule has 2 saturated heterocycles. The van der Waals surface area contributed by atoms with Crippen molar-refractivity contribution < 1.29 is 18.9 Å². The highest BCUT2D eigenvalue weighted by molar-refractivity contribution is 14.1. The number of halogens is 1. The molecule has 4 aliphatic carbocycles. The first kappa shape index (κ1) is 26.1. The monoisotopic (exact) mass is 608 g/mol. The van der Waals surface area contributed by atoms with E-state index in [2.05, 4.69) is 54.4 Å². The number of rotatable bonds is 4. The normalized spacial score (nSPS) is 45.2. The van der Waals surface area contributed by atoms with Crippen molar-refractivity contribution in [1.29, 1.82) is 0 Å². The molecule has 6 rings (SSSR count). The Morgan fingerprint density at radius 3 is 2.61 bits per heavy atom. The second-order valence-electron chi connectivity index (χ2n) is 12.9. The number of hydrogen-bond donors (Lipinski definition) is 0. The van der Waals surface area contributed by atoms with Crippen molar-refractivity contribution in [3.8, 4) is 11.8 Å². The lowest BCUT2D eigenvalue weighted by Crippen LogP contribution is -2.56. The van der Waals surface area contributed by atoms with Gasteiger partial charge >= 0.3 is 0 Å². The van der Waals surface area contributed by atoms with E-state index < -0.39 is 0 Å². The molecule has 5 fully saturated rings. The number of fused-ring (bicyclic) bond motifs is 5. The van der Waals surface area contributed by atoms with Gasteiger partial charge in [0.1, 0.15) is 5.60 Å². The third-order valence-electron chi connectivity index (χ3n) is 11.2. The Bertz CT molecular complexity index is 909. The van der Waals surface area contributed by atoms with Crippen molar-refractivity contribution in [2.24, 2.45) is 28.6 Å². The summed E-state index contributed by atoms with van der Waals surface area (Å²) in [6.07, 6.45) is 17.2. The molecule has 0 radical (unpaired) electrons. The Hall–Kier alpha value is -0.130. The maximum absolute atomic E-state index is 7.02. The molecule has 4 nitrogen and oxygen atoms in total. The van der Waals surface area contributed by atoms with Gasteiger partial charge in [-0.1, -0.05) is 54.0 Å². The van der Waals surface area contributed by atoms with Crippen molar-refractivity contribution in [1.82, 2.24) is 0 Å². The Morgan fingerprint density at radius 1 is 1.00 bits per heavy atom. The zero-order valence-electron chi connectivity index (χ0n) is 22.4. The average molecular weight is 609 g/mol. The van der Waals surface area contributed by atoms with Gasteiger partial charge in [-0.3, -0.25) is 0 Å². The van der Waals surface area contributed by atoms with Gasteiger partial charge in [0.05, 0.1) is 13.2 Å².